The molecule has 0 bridgehead atoms. The van der Waals surface area contributed by atoms with Crippen molar-refractivity contribution in [2.45, 2.75) is 58.0 Å². The highest BCUT2D eigenvalue weighted by Gasteiger charge is 2.25. The van der Waals surface area contributed by atoms with Gasteiger partial charge in [0.15, 0.2) is 0 Å². The summed E-state index contributed by atoms with van der Waals surface area (Å²) in [7, 11) is 0. The zero-order chi connectivity index (χ0) is 19.3. The third-order valence-electron chi connectivity index (χ3n) is 6.08. The fourth-order valence-corrected chi connectivity index (χ4v) is 4.52. The van der Waals surface area contributed by atoms with E-state index in [1.165, 1.54) is 31.4 Å². The molecule has 1 saturated carbocycles. The summed E-state index contributed by atoms with van der Waals surface area (Å²) in [5.41, 5.74) is 3.30. The molecule has 2 aromatic rings. The molecule has 5 nitrogen and oxygen atoms in total. The molecule has 1 amide bonds. The van der Waals surface area contributed by atoms with Crippen LogP contribution in [0.1, 0.15) is 49.8 Å². The van der Waals surface area contributed by atoms with Crippen molar-refractivity contribution in [1.82, 2.24) is 4.90 Å². The van der Waals surface area contributed by atoms with Crippen molar-refractivity contribution in [1.29, 1.82) is 0 Å². The number of hydrogen-bond acceptors (Lipinski definition) is 4. The zero-order valence-corrected chi connectivity index (χ0v) is 16.8. The maximum absolute atomic E-state index is 12.8. The first-order chi connectivity index (χ1) is 13.7. The highest BCUT2D eigenvalue weighted by atomic mass is 16.3. The predicted molar refractivity (Wildman–Crippen MR) is 113 cm³/mol. The molecule has 150 valence electrons. The molecule has 1 aliphatic carbocycles. The van der Waals surface area contributed by atoms with Crippen LogP contribution in [0, 0.1) is 6.92 Å². The number of anilines is 2. The van der Waals surface area contributed by atoms with Crippen LogP contribution < -0.4 is 10.2 Å². The van der Waals surface area contributed by atoms with Gasteiger partial charge in [-0.1, -0.05) is 12.8 Å². The van der Waals surface area contributed by atoms with Gasteiger partial charge in [-0.05, 0) is 68.5 Å². The second-order valence-corrected chi connectivity index (χ2v) is 8.16. The zero-order valence-electron chi connectivity index (χ0n) is 16.8. The minimum absolute atomic E-state index is 0.0514. The fourth-order valence-electron chi connectivity index (χ4n) is 4.52. The Balaban J connectivity index is 1.40. The first kappa shape index (κ1) is 19.1. The van der Waals surface area contributed by atoms with Gasteiger partial charge in [0.2, 0.25) is 5.91 Å². The molecule has 0 spiro atoms. The Morgan fingerprint density at radius 2 is 1.96 bits per heavy atom. The number of hydrogen-bond donors (Lipinski definition) is 1. The number of furan rings is 1. The van der Waals surface area contributed by atoms with E-state index in [1.807, 2.05) is 18.2 Å². The Bertz CT molecular complexity index is 775. The lowest BCUT2D eigenvalue weighted by molar-refractivity contribution is -0.118. The number of carbonyl (C=O) groups is 1. The summed E-state index contributed by atoms with van der Waals surface area (Å²) in [6.07, 6.45) is 9.06. The molecular weight excluding hydrogens is 350 g/mol. The quantitative estimate of drug-likeness (QED) is 0.763. The Kier molecular flexibility index (Phi) is 6.01. The summed E-state index contributed by atoms with van der Waals surface area (Å²) < 4.78 is 5.53. The number of rotatable bonds is 7. The topological polar surface area (TPSA) is 48.7 Å². The molecule has 1 saturated heterocycles. The molecule has 2 fully saturated rings. The van der Waals surface area contributed by atoms with Gasteiger partial charge in [0.25, 0.3) is 0 Å². The largest absolute Gasteiger partial charge is 0.468 e. The number of amides is 1. The SMILES string of the molecule is Cc1cc(N2CCCC2)ccc1NC(=O)CN(Cc1ccco1)C1CCCC1. The lowest BCUT2D eigenvalue weighted by Crippen LogP contribution is -2.39. The smallest absolute Gasteiger partial charge is 0.238 e. The maximum Gasteiger partial charge on any atom is 0.238 e. The van der Waals surface area contributed by atoms with Crippen LogP contribution in [0.3, 0.4) is 0 Å². The maximum atomic E-state index is 12.8. The number of carbonyl (C=O) groups excluding carboxylic acids is 1. The average Bonchev–Trinajstić information content (AvgIpc) is 3.45. The van der Waals surface area contributed by atoms with Crippen molar-refractivity contribution in [3.8, 4) is 0 Å². The second-order valence-electron chi connectivity index (χ2n) is 8.16. The number of nitrogens with one attached hydrogen (secondary N) is 1. The molecule has 2 aliphatic rings. The van der Waals surface area contributed by atoms with Gasteiger partial charge >= 0.3 is 0 Å². The van der Waals surface area contributed by atoms with Crippen molar-refractivity contribution >= 4 is 17.3 Å². The summed E-state index contributed by atoms with van der Waals surface area (Å²) >= 11 is 0. The van der Waals surface area contributed by atoms with E-state index in [4.69, 9.17) is 4.42 Å². The van der Waals surface area contributed by atoms with Crippen LogP contribution in [0.4, 0.5) is 11.4 Å². The van der Waals surface area contributed by atoms with E-state index in [-0.39, 0.29) is 5.91 Å². The van der Waals surface area contributed by atoms with Crippen molar-refractivity contribution in [3.63, 3.8) is 0 Å². The number of benzene rings is 1. The summed E-state index contributed by atoms with van der Waals surface area (Å²) in [5, 5.41) is 3.13. The molecule has 1 aromatic heterocycles. The standard InChI is InChI=1S/C23H31N3O2/c1-18-15-20(25-12-4-5-13-25)10-11-22(18)24-23(27)17-26(19-7-2-3-8-19)16-21-9-6-14-28-21/h6,9-11,14-15,19H,2-5,7-8,12-13,16-17H2,1H3,(H,24,27). The van der Waals surface area contributed by atoms with Gasteiger partial charge < -0.3 is 14.6 Å². The van der Waals surface area contributed by atoms with Crippen molar-refractivity contribution in [3.05, 3.63) is 47.9 Å². The Morgan fingerprint density at radius 3 is 2.64 bits per heavy atom. The molecule has 4 rings (SSSR count). The third kappa shape index (κ3) is 4.58. The minimum atomic E-state index is 0.0514. The summed E-state index contributed by atoms with van der Waals surface area (Å²) in [4.78, 5) is 17.5. The molecule has 0 radical (unpaired) electrons. The average molecular weight is 382 g/mol. The van der Waals surface area contributed by atoms with E-state index >= 15 is 0 Å². The highest BCUT2D eigenvalue weighted by molar-refractivity contribution is 5.93. The van der Waals surface area contributed by atoms with Crippen LogP contribution in [-0.2, 0) is 11.3 Å². The van der Waals surface area contributed by atoms with Crippen molar-refractivity contribution in [2.24, 2.45) is 0 Å². The van der Waals surface area contributed by atoms with Crippen LogP contribution in [0.5, 0.6) is 0 Å². The molecule has 28 heavy (non-hydrogen) atoms. The van der Waals surface area contributed by atoms with E-state index in [1.54, 1.807) is 6.26 Å². The second kappa shape index (κ2) is 8.82. The van der Waals surface area contributed by atoms with E-state index in [9.17, 15) is 4.79 Å². The van der Waals surface area contributed by atoms with Gasteiger partial charge in [0.1, 0.15) is 5.76 Å². The normalized spacial score (nSPS) is 17.6. The summed E-state index contributed by atoms with van der Waals surface area (Å²) in [5.74, 6) is 0.973. The third-order valence-corrected chi connectivity index (χ3v) is 6.08. The number of aryl methyl sites for hydroxylation is 1. The van der Waals surface area contributed by atoms with Gasteiger partial charge in [-0.3, -0.25) is 9.69 Å². The van der Waals surface area contributed by atoms with Gasteiger partial charge in [-0.25, -0.2) is 0 Å². The van der Waals surface area contributed by atoms with Crippen LogP contribution in [0.2, 0.25) is 0 Å². The van der Waals surface area contributed by atoms with E-state index in [2.05, 4.69) is 34.2 Å². The van der Waals surface area contributed by atoms with Gasteiger partial charge in [0.05, 0.1) is 19.4 Å². The molecule has 0 atom stereocenters. The molecule has 5 heteroatoms. The fraction of sp³-hybridized carbons (Fsp3) is 0.522. The monoisotopic (exact) mass is 381 g/mol. The van der Waals surface area contributed by atoms with Crippen molar-refractivity contribution < 1.29 is 9.21 Å². The van der Waals surface area contributed by atoms with E-state index in [0.29, 0.717) is 19.1 Å². The van der Waals surface area contributed by atoms with Crippen molar-refractivity contribution in [2.75, 3.05) is 29.9 Å². The molecule has 1 aliphatic heterocycles. The van der Waals surface area contributed by atoms with Crippen LogP contribution >= 0.6 is 0 Å². The van der Waals surface area contributed by atoms with Crippen LogP contribution in [-0.4, -0.2) is 36.5 Å². The van der Waals surface area contributed by atoms with Gasteiger partial charge in [0, 0.05) is 30.5 Å². The summed E-state index contributed by atoms with van der Waals surface area (Å²) in [6, 6.07) is 10.7. The predicted octanol–water partition coefficient (Wildman–Crippen LogP) is 4.57. The molecule has 2 heterocycles. The molecule has 0 unspecified atom stereocenters. The molecule has 1 N–H and O–H groups in total. The Labute approximate surface area is 167 Å². The van der Waals surface area contributed by atoms with Crippen LogP contribution in [0.15, 0.2) is 41.0 Å². The lowest BCUT2D eigenvalue weighted by atomic mass is 10.1. The minimum Gasteiger partial charge on any atom is -0.468 e. The van der Waals surface area contributed by atoms with E-state index in [0.717, 1.165) is 42.9 Å². The van der Waals surface area contributed by atoms with Gasteiger partial charge in [-0.2, -0.15) is 0 Å². The molecular formula is C23H31N3O2. The Hall–Kier alpha value is -2.27. The number of nitrogens with zero attached hydrogens (tertiary/aromatic N) is 2. The van der Waals surface area contributed by atoms with E-state index < -0.39 is 0 Å². The van der Waals surface area contributed by atoms with Gasteiger partial charge in [-0.15, -0.1) is 0 Å². The van der Waals surface area contributed by atoms with Crippen LogP contribution in [0.25, 0.3) is 0 Å². The Morgan fingerprint density at radius 1 is 1.18 bits per heavy atom. The molecule has 1 aromatic carbocycles. The first-order valence-electron chi connectivity index (χ1n) is 10.6. The summed E-state index contributed by atoms with van der Waals surface area (Å²) in [6.45, 7) is 5.44. The highest BCUT2D eigenvalue weighted by Crippen LogP contribution is 2.27. The lowest BCUT2D eigenvalue weighted by Gasteiger charge is -2.27. The first-order valence-corrected chi connectivity index (χ1v) is 10.6.